The predicted octanol–water partition coefficient (Wildman–Crippen LogP) is 3.18. The number of methoxy groups -OCH3 is 1. The summed E-state index contributed by atoms with van der Waals surface area (Å²) in [6.07, 6.45) is 5.22. The van der Waals surface area contributed by atoms with E-state index in [0.29, 0.717) is 16.6 Å². The Kier molecular flexibility index (Phi) is 3.50. The molecule has 2 aromatic heterocycles. The number of halogens is 1. The first-order valence-corrected chi connectivity index (χ1v) is 6.65. The molecule has 0 spiro atoms. The number of rotatable bonds is 3. The third-order valence-corrected chi connectivity index (χ3v) is 3.45. The average Bonchev–Trinajstić information content (AvgIpc) is 2.98. The summed E-state index contributed by atoms with van der Waals surface area (Å²) in [5.74, 6) is 1.10. The van der Waals surface area contributed by atoms with Gasteiger partial charge in [-0.25, -0.2) is 9.97 Å². The first-order valence-electron chi connectivity index (χ1n) is 6.27. The molecule has 0 aliphatic heterocycles. The summed E-state index contributed by atoms with van der Waals surface area (Å²) in [7, 11) is 1.59. The Bertz CT molecular complexity index is 768. The quantitative estimate of drug-likeness (QED) is 0.807. The van der Waals surface area contributed by atoms with Crippen molar-refractivity contribution in [2.75, 3.05) is 12.8 Å². The number of aromatic nitrogens is 3. The molecule has 0 radical (unpaired) electrons. The van der Waals surface area contributed by atoms with E-state index in [1.54, 1.807) is 38.0 Å². The molecule has 0 unspecified atom stereocenters. The summed E-state index contributed by atoms with van der Waals surface area (Å²) >= 11 is 6.06. The van der Waals surface area contributed by atoms with Gasteiger partial charge in [0.1, 0.15) is 11.6 Å². The van der Waals surface area contributed by atoms with Crippen molar-refractivity contribution >= 4 is 17.4 Å². The predicted molar refractivity (Wildman–Crippen MR) is 82.8 cm³/mol. The number of nitrogen functional groups attached to an aromatic ring is 1. The lowest BCUT2D eigenvalue weighted by atomic mass is 10.2. The number of nitrogens with zero attached hydrogens (tertiary/aromatic N) is 3. The smallest absolute Gasteiger partial charge is 0.139 e. The number of anilines is 1. The van der Waals surface area contributed by atoms with Crippen LogP contribution in [-0.2, 0) is 0 Å². The molecule has 0 bridgehead atoms. The van der Waals surface area contributed by atoms with Gasteiger partial charge in [0, 0.05) is 17.8 Å². The van der Waals surface area contributed by atoms with E-state index < -0.39 is 0 Å². The fraction of sp³-hybridized carbons (Fsp3) is 0.0667. The van der Waals surface area contributed by atoms with E-state index in [2.05, 4.69) is 9.97 Å². The standard InChI is InChI=1S/C15H13ClN4O/c1-21-14-6-11(3-4-12(14)16)20-9-18-8-13(20)10-2-5-15(17)19-7-10/h2-9H,1H3,(H2,17,19). The summed E-state index contributed by atoms with van der Waals surface area (Å²) < 4.78 is 7.19. The topological polar surface area (TPSA) is 66.0 Å². The van der Waals surface area contributed by atoms with E-state index in [0.717, 1.165) is 16.9 Å². The lowest BCUT2D eigenvalue weighted by molar-refractivity contribution is 0.415. The van der Waals surface area contributed by atoms with Gasteiger partial charge in [-0.3, -0.25) is 4.57 Å². The zero-order chi connectivity index (χ0) is 14.8. The number of nitrogens with two attached hydrogens (primary N) is 1. The first kappa shape index (κ1) is 13.5. The highest BCUT2D eigenvalue weighted by molar-refractivity contribution is 6.32. The molecular formula is C15H13ClN4O. The highest BCUT2D eigenvalue weighted by Crippen LogP contribution is 2.29. The van der Waals surface area contributed by atoms with Gasteiger partial charge in [-0.15, -0.1) is 0 Å². The van der Waals surface area contributed by atoms with Gasteiger partial charge >= 0.3 is 0 Å². The molecule has 106 valence electrons. The van der Waals surface area contributed by atoms with Crippen molar-refractivity contribution < 1.29 is 4.74 Å². The second-order valence-electron chi connectivity index (χ2n) is 4.44. The van der Waals surface area contributed by atoms with E-state index in [-0.39, 0.29) is 0 Å². The number of hydrogen-bond donors (Lipinski definition) is 1. The Hall–Kier alpha value is -2.53. The maximum Gasteiger partial charge on any atom is 0.139 e. The highest BCUT2D eigenvalue weighted by atomic mass is 35.5. The molecule has 0 saturated heterocycles. The van der Waals surface area contributed by atoms with E-state index in [9.17, 15) is 0 Å². The molecule has 0 aliphatic carbocycles. The third-order valence-electron chi connectivity index (χ3n) is 3.13. The van der Waals surface area contributed by atoms with Gasteiger partial charge in [-0.2, -0.15) is 0 Å². The van der Waals surface area contributed by atoms with Crippen molar-refractivity contribution in [1.29, 1.82) is 0 Å². The van der Waals surface area contributed by atoms with Crippen LogP contribution in [0.2, 0.25) is 5.02 Å². The molecule has 6 heteroatoms. The number of benzene rings is 1. The molecule has 0 atom stereocenters. The van der Waals surface area contributed by atoms with Crippen molar-refractivity contribution in [2.24, 2.45) is 0 Å². The van der Waals surface area contributed by atoms with Crippen LogP contribution in [0, 0.1) is 0 Å². The number of hydrogen-bond acceptors (Lipinski definition) is 4. The monoisotopic (exact) mass is 300 g/mol. The molecule has 1 aromatic carbocycles. The zero-order valence-electron chi connectivity index (χ0n) is 11.3. The summed E-state index contributed by atoms with van der Waals surface area (Å²) in [6.45, 7) is 0. The maximum atomic E-state index is 6.06. The molecule has 3 aromatic rings. The Balaban J connectivity index is 2.08. The molecule has 0 saturated carbocycles. The molecule has 0 amide bonds. The van der Waals surface area contributed by atoms with Crippen LogP contribution < -0.4 is 10.5 Å². The Labute approximate surface area is 127 Å². The van der Waals surface area contributed by atoms with E-state index in [1.807, 2.05) is 22.8 Å². The molecule has 2 heterocycles. The largest absolute Gasteiger partial charge is 0.495 e. The van der Waals surface area contributed by atoms with Gasteiger partial charge in [0.2, 0.25) is 0 Å². The third kappa shape index (κ3) is 2.55. The number of pyridine rings is 1. The van der Waals surface area contributed by atoms with E-state index >= 15 is 0 Å². The van der Waals surface area contributed by atoms with E-state index in [4.69, 9.17) is 22.1 Å². The van der Waals surface area contributed by atoms with Crippen LogP contribution in [-0.4, -0.2) is 21.6 Å². The zero-order valence-corrected chi connectivity index (χ0v) is 12.1. The van der Waals surface area contributed by atoms with Crippen LogP contribution in [0.25, 0.3) is 16.9 Å². The summed E-state index contributed by atoms with van der Waals surface area (Å²) in [4.78, 5) is 8.31. The van der Waals surface area contributed by atoms with Gasteiger partial charge in [-0.05, 0) is 24.3 Å². The van der Waals surface area contributed by atoms with Gasteiger partial charge < -0.3 is 10.5 Å². The molecule has 0 aliphatic rings. The molecule has 0 fully saturated rings. The van der Waals surface area contributed by atoms with Gasteiger partial charge in [0.05, 0.1) is 36.0 Å². The second kappa shape index (κ2) is 5.46. The van der Waals surface area contributed by atoms with Gasteiger partial charge in [0.15, 0.2) is 0 Å². The minimum atomic E-state index is 0.484. The number of imidazole rings is 1. The van der Waals surface area contributed by atoms with Gasteiger partial charge in [0.25, 0.3) is 0 Å². The average molecular weight is 301 g/mol. The minimum Gasteiger partial charge on any atom is -0.495 e. The maximum absolute atomic E-state index is 6.06. The van der Waals surface area contributed by atoms with Crippen molar-refractivity contribution in [3.8, 4) is 22.7 Å². The summed E-state index contributed by atoms with van der Waals surface area (Å²) in [5.41, 5.74) is 8.36. The van der Waals surface area contributed by atoms with Crippen LogP contribution in [0.5, 0.6) is 5.75 Å². The van der Waals surface area contributed by atoms with Crippen molar-refractivity contribution in [3.05, 3.63) is 54.1 Å². The van der Waals surface area contributed by atoms with Crippen LogP contribution in [0.3, 0.4) is 0 Å². The fourth-order valence-corrected chi connectivity index (χ4v) is 2.26. The van der Waals surface area contributed by atoms with Crippen LogP contribution in [0.15, 0.2) is 49.1 Å². The minimum absolute atomic E-state index is 0.484. The fourth-order valence-electron chi connectivity index (χ4n) is 2.07. The van der Waals surface area contributed by atoms with Crippen molar-refractivity contribution in [3.63, 3.8) is 0 Å². The molecule has 2 N–H and O–H groups in total. The lowest BCUT2D eigenvalue weighted by Gasteiger charge is -2.10. The molecule has 3 rings (SSSR count). The van der Waals surface area contributed by atoms with Crippen LogP contribution in [0.4, 0.5) is 5.82 Å². The van der Waals surface area contributed by atoms with Crippen LogP contribution >= 0.6 is 11.6 Å². The highest BCUT2D eigenvalue weighted by Gasteiger charge is 2.09. The molecular weight excluding hydrogens is 288 g/mol. The first-order chi connectivity index (χ1) is 10.2. The normalized spacial score (nSPS) is 10.6. The summed E-state index contributed by atoms with van der Waals surface area (Å²) in [6, 6.07) is 9.22. The van der Waals surface area contributed by atoms with Crippen LogP contribution in [0.1, 0.15) is 0 Å². The summed E-state index contributed by atoms with van der Waals surface area (Å²) in [5, 5.41) is 0.567. The number of ether oxygens (including phenoxy) is 1. The van der Waals surface area contributed by atoms with Crippen molar-refractivity contribution in [1.82, 2.24) is 14.5 Å². The molecule has 5 nitrogen and oxygen atoms in total. The van der Waals surface area contributed by atoms with E-state index in [1.165, 1.54) is 0 Å². The Morgan fingerprint density at radius 1 is 1.19 bits per heavy atom. The Morgan fingerprint density at radius 2 is 2.05 bits per heavy atom. The Morgan fingerprint density at radius 3 is 2.76 bits per heavy atom. The SMILES string of the molecule is COc1cc(-n2cncc2-c2ccc(N)nc2)ccc1Cl. The molecule has 21 heavy (non-hydrogen) atoms. The van der Waals surface area contributed by atoms with Crippen molar-refractivity contribution in [2.45, 2.75) is 0 Å². The second-order valence-corrected chi connectivity index (χ2v) is 4.85. The van der Waals surface area contributed by atoms with Gasteiger partial charge in [-0.1, -0.05) is 11.6 Å². The lowest BCUT2D eigenvalue weighted by Crippen LogP contribution is -1.97.